The van der Waals surface area contributed by atoms with E-state index in [1.54, 1.807) is 11.3 Å². The molecule has 0 aliphatic carbocycles. The molecule has 0 saturated carbocycles. The van der Waals surface area contributed by atoms with Gasteiger partial charge in [0, 0.05) is 4.53 Å². The van der Waals surface area contributed by atoms with Crippen molar-refractivity contribution in [2.45, 2.75) is 6.92 Å². The summed E-state index contributed by atoms with van der Waals surface area (Å²) in [5.41, 5.74) is 0. The van der Waals surface area contributed by atoms with E-state index in [0.29, 0.717) is 0 Å². The van der Waals surface area contributed by atoms with Crippen molar-refractivity contribution < 1.29 is 0 Å². The molecule has 0 spiro atoms. The maximum absolute atomic E-state index is 3.84. The lowest BCUT2D eigenvalue weighted by Gasteiger charge is -1.66. The summed E-state index contributed by atoms with van der Waals surface area (Å²) in [6.45, 7) is 5.86. The quantitative estimate of drug-likeness (QED) is 0.483. The van der Waals surface area contributed by atoms with Crippen LogP contribution in [-0.4, -0.2) is 0 Å². The maximum atomic E-state index is 3.84. The van der Waals surface area contributed by atoms with Gasteiger partial charge in [-0.15, -0.1) is 11.3 Å². The van der Waals surface area contributed by atoms with Crippen LogP contribution in [0.15, 0.2) is 11.4 Å². The van der Waals surface area contributed by atoms with Crippen LogP contribution in [0, 0.1) is 0 Å². The Hall–Kier alpha value is -0.560. The van der Waals surface area contributed by atoms with E-state index < -0.39 is 0 Å². The van der Waals surface area contributed by atoms with E-state index in [2.05, 4.69) is 24.1 Å². The van der Waals surface area contributed by atoms with Gasteiger partial charge in [-0.05, 0) is 23.6 Å². The summed E-state index contributed by atoms with van der Waals surface area (Å²) in [4.78, 5) is 0. The van der Waals surface area contributed by atoms with Crippen LogP contribution in [0.1, 0.15) is 6.92 Å². The number of thiophene rings is 1. The molecule has 0 aromatic carbocycles. The first kappa shape index (κ1) is 5.57. The molecule has 42 valence electrons. The van der Waals surface area contributed by atoms with Gasteiger partial charge >= 0.3 is 0 Å². The molecule has 0 radical (unpaired) electrons. The third-order valence-electron chi connectivity index (χ3n) is 1.09. The number of rotatable bonds is 0. The molecule has 0 fully saturated rings. The minimum absolute atomic E-state index is 1.16. The van der Waals surface area contributed by atoms with Crippen molar-refractivity contribution in [2.24, 2.45) is 0 Å². The van der Waals surface area contributed by atoms with Crippen molar-refractivity contribution in [3.63, 3.8) is 0 Å². The van der Waals surface area contributed by atoms with Crippen LogP contribution in [0.5, 0.6) is 0 Å². The van der Waals surface area contributed by atoms with Gasteiger partial charge in [0.2, 0.25) is 0 Å². The molecule has 0 saturated heterocycles. The third kappa shape index (κ3) is 0.819. The van der Waals surface area contributed by atoms with Gasteiger partial charge < -0.3 is 0 Å². The van der Waals surface area contributed by atoms with Crippen LogP contribution in [0.2, 0.25) is 0 Å². The predicted octanol–water partition coefficient (Wildman–Crippen LogP) is 0.959. The van der Waals surface area contributed by atoms with Gasteiger partial charge in [-0.1, -0.05) is 12.7 Å². The first-order valence-electron chi connectivity index (χ1n) is 2.53. The molecule has 0 aliphatic heterocycles. The van der Waals surface area contributed by atoms with Gasteiger partial charge in [-0.2, -0.15) is 0 Å². The Bertz CT molecular complexity index is 256. The smallest absolute Gasteiger partial charge is 0.0267 e. The average Bonchev–Trinajstić information content (AvgIpc) is 2.14. The monoisotopic (exact) mass is 124 g/mol. The summed E-state index contributed by atoms with van der Waals surface area (Å²) < 4.78 is 1.16. The molecule has 0 unspecified atom stereocenters. The molecule has 0 bridgehead atoms. The molecule has 1 heterocycles. The summed E-state index contributed by atoms with van der Waals surface area (Å²) >= 11 is 1.69. The Kier molecular flexibility index (Phi) is 1.49. The van der Waals surface area contributed by atoms with Gasteiger partial charge in [0.25, 0.3) is 0 Å². The van der Waals surface area contributed by atoms with E-state index in [1.165, 1.54) is 5.22 Å². The van der Waals surface area contributed by atoms with E-state index in [9.17, 15) is 0 Å². The fourth-order valence-corrected chi connectivity index (χ4v) is 1.31. The van der Waals surface area contributed by atoms with Crippen LogP contribution in [0.25, 0.3) is 12.7 Å². The number of hydrogen-bond donors (Lipinski definition) is 0. The van der Waals surface area contributed by atoms with E-state index in [4.69, 9.17) is 0 Å². The molecular weight excluding hydrogens is 116 g/mol. The zero-order valence-corrected chi connectivity index (χ0v) is 5.66. The van der Waals surface area contributed by atoms with Crippen molar-refractivity contribution in [2.75, 3.05) is 0 Å². The fraction of sp³-hybridized carbons (Fsp3) is 0.143. The second kappa shape index (κ2) is 2.14. The SMILES string of the molecule is C=c1scc/c1=C/C. The molecular formula is C7H8S. The molecule has 0 atom stereocenters. The molecule has 0 aliphatic rings. The highest BCUT2D eigenvalue weighted by molar-refractivity contribution is 7.07. The van der Waals surface area contributed by atoms with Gasteiger partial charge in [-0.25, -0.2) is 0 Å². The maximum Gasteiger partial charge on any atom is 0.0267 e. The van der Waals surface area contributed by atoms with Crippen molar-refractivity contribution >= 4 is 24.0 Å². The molecule has 1 aromatic heterocycles. The summed E-state index contributed by atoms with van der Waals surface area (Å²) in [6, 6.07) is 2.08. The van der Waals surface area contributed by atoms with Gasteiger partial charge in [-0.3, -0.25) is 0 Å². The Morgan fingerprint density at radius 1 is 1.75 bits per heavy atom. The Morgan fingerprint density at radius 2 is 2.50 bits per heavy atom. The average molecular weight is 124 g/mol. The zero-order valence-electron chi connectivity index (χ0n) is 4.85. The van der Waals surface area contributed by atoms with Crippen molar-refractivity contribution in [1.82, 2.24) is 0 Å². The van der Waals surface area contributed by atoms with Crippen LogP contribution in [0.4, 0.5) is 0 Å². The molecule has 0 N–H and O–H groups in total. The highest BCUT2D eigenvalue weighted by Crippen LogP contribution is 1.77. The van der Waals surface area contributed by atoms with Crippen molar-refractivity contribution in [3.8, 4) is 0 Å². The lowest BCUT2D eigenvalue weighted by Crippen LogP contribution is -2.13. The molecule has 8 heavy (non-hydrogen) atoms. The molecule has 0 nitrogen and oxygen atoms in total. The normalized spacial score (nSPS) is 12.4. The lowest BCUT2D eigenvalue weighted by atomic mass is 10.4. The summed E-state index contributed by atoms with van der Waals surface area (Å²) in [6.07, 6.45) is 2.07. The summed E-state index contributed by atoms with van der Waals surface area (Å²) in [5.74, 6) is 0. The molecule has 1 heteroatoms. The number of hydrogen-bond acceptors (Lipinski definition) is 1. The standard InChI is InChI=1S/C7H8S/c1-3-7-4-5-8-6(7)2/h3-5H,2H2,1H3/b7-3-. The van der Waals surface area contributed by atoms with E-state index in [0.717, 1.165) is 4.53 Å². The summed E-state index contributed by atoms with van der Waals surface area (Å²) in [5, 5.41) is 3.31. The Morgan fingerprint density at radius 3 is 2.75 bits per heavy atom. The van der Waals surface area contributed by atoms with E-state index >= 15 is 0 Å². The van der Waals surface area contributed by atoms with Gasteiger partial charge in [0.05, 0.1) is 0 Å². The molecule has 0 amide bonds. The van der Waals surface area contributed by atoms with Crippen LogP contribution < -0.4 is 9.75 Å². The fourth-order valence-electron chi connectivity index (χ4n) is 0.608. The Labute approximate surface area is 52.8 Å². The second-order valence-corrected chi connectivity index (χ2v) is 2.59. The highest BCUT2D eigenvalue weighted by atomic mass is 32.1. The molecule has 1 aromatic rings. The first-order valence-corrected chi connectivity index (χ1v) is 3.41. The van der Waals surface area contributed by atoms with Gasteiger partial charge in [0.15, 0.2) is 0 Å². The van der Waals surface area contributed by atoms with Crippen molar-refractivity contribution in [3.05, 3.63) is 21.2 Å². The van der Waals surface area contributed by atoms with E-state index in [1.807, 2.05) is 6.92 Å². The van der Waals surface area contributed by atoms with Crippen molar-refractivity contribution in [1.29, 1.82) is 0 Å². The first-order chi connectivity index (χ1) is 3.84. The minimum atomic E-state index is 1.16. The van der Waals surface area contributed by atoms with Gasteiger partial charge in [0.1, 0.15) is 0 Å². The second-order valence-electron chi connectivity index (χ2n) is 1.59. The van der Waals surface area contributed by atoms with E-state index in [-0.39, 0.29) is 0 Å². The largest absolute Gasteiger partial charge is 0.144 e. The highest BCUT2D eigenvalue weighted by Gasteiger charge is 1.76. The third-order valence-corrected chi connectivity index (χ3v) is 1.88. The molecule has 1 rings (SSSR count). The summed E-state index contributed by atoms with van der Waals surface area (Å²) in [7, 11) is 0. The van der Waals surface area contributed by atoms with Crippen LogP contribution in [0.3, 0.4) is 0 Å². The lowest BCUT2D eigenvalue weighted by molar-refractivity contribution is 1.69. The predicted molar refractivity (Wildman–Crippen MR) is 39.2 cm³/mol. The van der Waals surface area contributed by atoms with Crippen LogP contribution >= 0.6 is 11.3 Å². The minimum Gasteiger partial charge on any atom is -0.144 e. The topological polar surface area (TPSA) is 0 Å². The Balaban J connectivity index is 3.55. The van der Waals surface area contributed by atoms with Crippen LogP contribution in [-0.2, 0) is 0 Å². The zero-order chi connectivity index (χ0) is 5.98.